The molecule has 0 aliphatic rings. The quantitative estimate of drug-likeness (QED) is 0.594. The number of para-hydroxylation sites is 1. The molecule has 0 bridgehead atoms. The summed E-state index contributed by atoms with van der Waals surface area (Å²) in [5.41, 5.74) is -1.19. The van der Waals surface area contributed by atoms with Gasteiger partial charge >= 0.3 is 11.9 Å². The molecule has 1 amide bonds. The van der Waals surface area contributed by atoms with Crippen LogP contribution in [0.2, 0.25) is 0 Å². The summed E-state index contributed by atoms with van der Waals surface area (Å²) in [6.07, 6.45) is -2.61. The van der Waals surface area contributed by atoms with Crippen LogP contribution in [0, 0.1) is 0 Å². The largest absolute Gasteiger partial charge is 0.416 e. The number of hydrogen-bond acceptors (Lipinski definition) is 3. The number of amides is 1. The highest BCUT2D eigenvalue weighted by Crippen LogP contribution is 2.30. The summed E-state index contributed by atoms with van der Waals surface area (Å²) >= 11 is 0. The smallest absolute Gasteiger partial charge is 0.321 e. The van der Waals surface area contributed by atoms with Crippen molar-refractivity contribution in [2.24, 2.45) is 0 Å². The van der Waals surface area contributed by atoms with Crippen LogP contribution in [0.1, 0.15) is 11.1 Å². The Morgan fingerprint density at radius 3 is 2.33 bits per heavy atom. The van der Waals surface area contributed by atoms with Crippen molar-refractivity contribution >= 4 is 27.5 Å². The second-order valence-corrected chi connectivity index (χ2v) is 7.13. The molecule has 0 saturated carbocycles. The van der Waals surface area contributed by atoms with Crippen LogP contribution in [-0.4, -0.2) is 20.1 Å². The third-order valence-corrected chi connectivity index (χ3v) is 4.77. The van der Waals surface area contributed by atoms with E-state index in [1.54, 1.807) is 0 Å². The zero-order valence-corrected chi connectivity index (χ0v) is 14.2. The molecule has 0 atom stereocenters. The fourth-order valence-electron chi connectivity index (χ4n) is 2.08. The fourth-order valence-corrected chi connectivity index (χ4v) is 2.96. The maximum Gasteiger partial charge on any atom is 0.416 e. The van der Waals surface area contributed by atoms with Gasteiger partial charge in [0.1, 0.15) is 0 Å². The molecular formula is C17H12F5NO3S. The Bertz CT molecular complexity index is 969. The van der Waals surface area contributed by atoms with E-state index < -0.39 is 38.1 Å². The maximum absolute atomic E-state index is 12.7. The second kappa shape index (κ2) is 7.87. The lowest BCUT2D eigenvalue weighted by Gasteiger charge is -2.10. The van der Waals surface area contributed by atoms with E-state index in [-0.39, 0.29) is 11.3 Å². The van der Waals surface area contributed by atoms with Gasteiger partial charge in [-0.15, -0.1) is 0 Å². The van der Waals surface area contributed by atoms with Crippen LogP contribution in [0.25, 0.3) is 6.08 Å². The molecule has 1 N–H and O–H groups in total. The molecule has 2 aromatic carbocycles. The van der Waals surface area contributed by atoms with Crippen molar-refractivity contribution in [1.82, 2.24) is 0 Å². The molecule has 2 aromatic rings. The summed E-state index contributed by atoms with van der Waals surface area (Å²) in [4.78, 5) is 11.2. The zero-order chi connectivity index (χ0) is 20.2. The van der Waals surface area contributed by atoms with E-state index in [0.29, 0.717) is 0 Å². The van der Waals surface area contributed by atoms with Crippen LogP contribution >= 0.6 is 0 Å². The average molecular weight is 405 g/mol. The summed E-state index contributed by atoms with van der Waals surface area (Å²) in [7, 11) is -4.94. The summed E-state index contributed by atoms with van der Waals surface area (Å²) in [5, 5.41) is 2.13. The van der Waals surface area contributed by atoms with Gasteiger partial charge in [0.15, 0.2) is 0 Å². The highest BCUT2D eigenvalue weighted by atomic mass is 32.2. The fraction of sp³-hybridized carbons (Fsp3) is 0.118. The lowest BCUT2D eigenvalue weighted by Crippen LogP contribution is -2.16. The molecule has 0 saturated heterocycles. The summed E-state index contributed by atoms with van der Waals surface area (Å²) in [6, 6.07) is 8.74. The number of benzene rings is 2. The number of anilines is 1. The molecule has 4 nitrogen and oxygen atoms in total. The van der Waals surface area contributed by atoms with Gasteiger partial charge in [0.05, 0.1) is 16.1 Å². The topological polar surface area (TPSA) is 63.2 Å². The number of hydrogen-bond donors (Lipinski definition) is 1. The predicted molar refractivity (Wildman–Crippen MR) is 88.7 cm³/mol. The molecule has 2 rings (SSSR count). The van der Waals surface area contributed by atoms with Crippen LogP contribution in [0.15, 0.2) is 59.5 Å². The Labute approximate surface area is 151 Å². The molecule has 0 fully saturated rings. The van der Waals surface area contributed by atoms with Crippen LogP contribution in [0.5, 0.6) is 0 Å². The summed E-state index contributed by atoms with van der Waals surface area (Å²) in [5.74, 6) is -4.57. The van der Waals surface area contributed by atoms with Crippen LogP contribution in [0.3, 0.4) is 0 Å². The molecule has 144 valence electrons. The maximum atomic E-state index is 12.7. The Hall–Kier alpha value is -2.75. The lowest BCUT2D eigenvalue weighted by atomic mass is 10.1. The molecule has 0 aromatic heterocycles. The Morgan fingerprint density at radius 2 is 1.70 bits per heavy atom. The number of carbonyl (C=O) groups is 1. The second-order valence-electron chi connectivity index (χ2n) is 5.25. The van der Waals surface area contributed by atoms with E-state index in [0.717, 1.165) is 42.5 Å². The van der Waals surface area contributed by atoms with Crippen LogP contribution in [-0.2, 0) is 20.8 Å². The monoisotopic (exact) mass is 405 g/mol. The molecule has 10 heteroatoms. The number of sulfone groups is 1. The summed E-state index contributed by atoms with van der Waals surface area (Å²) < 4.78 is 86.6. The van der Waals surface area contributed by atoms with Gasteiger partial charge in [-0.05, 0) is 35.9 Å². The van der Waals surface area contributed by atoms with E-state index in [4.69, 9.17) is 0 Å². The molecule has 0 spiro atoms. The third-order valence-electron chi connectivity index (χ3n) is 3.33. The molecule has 0 aliphatic carbocycles. The molecule has 0 heterocycles. The molecule has 0 unspecified atom stereocenters. The third kappa shape index (κ3) is 5.13. The molecule has 27 heavy (non-hydrogen) atoms. The van der Waals surface area contributed by atoms with Gasteiger partial charge in [0, 0.05) is 6.08 Å². The normalized spacial score (nSPS) is 12.5. The Balaban J connectivity index is 2.22. The van der Waals surface area contributed by atoms with Crippen molar-refractivity contribution in [3.05, 3.63) is 65.7 Å². The van der Waals surface area contributed by atoms with Gasteiger partial charge in [0.2, 0.25) is 15.7 Å². The Morgan fingerprint density at radius 1 is 1.04 bits per heavy atom. The van der Waals surface area contributed by atoms with E-state index in [1.165, 1.54) is 18.2 Å². The standard InChI is InChI=1S/C17H12F5NO3S/c18-16(19)27(25,26)14-7-2-1-6-13(14)23-15(24)9-8-11-4-3-5-12(10-11)17(20,21)22/h1-10,16H,(H,23,24)/b9-8+. The number of alkyl halides is 5. The van der Waals surface area contributed by atoms with Gasteiger partial charge < -0.3 is 5.32 Å². The van der Waals surface area contributed by atoms with Crippen molar-refractivity contribution in [1.29, 1.82) is 0 Å². The minimum atomic E-state index is -4.94. The minimum Gasteiger partial charge on any atom is -0.321 e. The first kappa shape index (κ1) is 20.6. The van der Waals surface area contributed by atoms with Crippen molar-refractivity contribution < 1.29 is 35.2 Å². The molecule has 0 radical (unpaired) electrons. The predicted octanol–water partition coefficient (Wildman–Crippen LogP) is 4.35. The Kier molecular flexibility index (Phi) is 5.99. The highest BCUT2D eigenvalue weighted by molar-refractivity contribution is 7.91. The SMILES string of the molecule is O=C(/C=C/c1cccc(C(F)(F)F)c1)Nc1ccccc1S(=O)(=O)C(F)F. The van der Waals surface area contributed by atoms with Crippen molar-refractivity contribution in [3.63, 3.8) is 0 Å². The lowest BCUT2D eigenvalue weighted by molar-refractivity contribution is -0.137. The number of nitrogens with one attached hydrogen (secondary N) is 1. The minimum absolute atomic E-state index is 0.0773. The number of carbonyl (C=O) groups excluding carboxylic acids is 1. The van der Waals surface area contributed by atoms with Gasteiger partial charge in [-0.1, -0.05) is 24.3 Å². The average Bonchev–Trinajstić information content (AvgIpc) is 2.59. The van der Waals surface area contributed by atoms with Crippen molar-refractivity contribution in [3.8, 4) is 0 Å². The number of rotatable bonds is 5. The van der Waals surface area contributed by atoms with Crippen molar-refractivity contribution in [2.75, 3.05) is 5.32 Å². The first-order chi connectivity index (χ1) is 12.5. The molecular weight excluding hydrogens is 393 g/mol. The first-order valence-corrected chi connectivity index (χ1v) is 8.84. The van der Waals surface area contributed by atoms with E-state index in [1.807, 2.05) is 0 Å². The highest BCUT2D eigenvalue weighted by Gasteiger charge is 2.30. The van der Waals surface area contributed by atoms with Gasteiger partial charge in [-0.2, -0.15) is 22.0 Å². The summed E-state index contributed by atoms with van der Waals surface area (Å²) in [6.45, 7) is 0. The molecule has 0 aliphatic heterocycles. The van der Waals surface area contributed by atoms with Gasteiger partial charge in [-0.3, -0.25) is 4.79 Å². The number of halogens is 5. The van der Waals surface area contributed by atoms with Crippen LogP contribution < -0.4 is 5.32 Å². The van der Waals surface area contributed by atoms with E-state index in [2.05, 4.69) is 5.32 Å². The van der Waals surface area contributed by atoms with E-state index >= 15 is 0 Å². The van der Waals surface area contributed by atoms with Crippen molar-refractivity contribution in [2.45, 2.75) is 16.8 Å². The first-order valence-electron chi connectivity index (χ1n) is 7.29. The van der Waals surface area contributed by atoms with Gasteiger partial charge in [-0.25, -0.2) is 8.42 Å². The van der Waals surface area contributed by atoms with Crippen LogP contribution in [0.4, 0.5) is 27.6 Å². The van der Waals surface area contributed by atoms with E-state index in [9.17, 15) is 35.2 Å². The van der Waals surface area contributed by atoms with Gasteiger partial charge in [0.25, 0.3) is 0 Å². The zero-order valence-electron chi connectivity index (χ0n) is 13.4.